The highest BCUT2D eigenvalue weighted by molar-refractivity contribution is 6.11. The van der Waals surface area contributed by atoms with Crippen LogP contribution < -0.4 is 9.64 Å². The lowest BCUT2D eigenvalue weighted by Crippen LogP contribution is -2.41. The van der Waals surface area contributed by atoms with Gasteiger partial charge in [0.25, 0.3) is 5.91 Å². The number of ether oxygens (including phenoxy) is 1. The van der Waals surface area contributed by atoms with E-state index in [2.05, 4.69) is 0 Å². The maximum atomic E-state index is 13.3. The fourth-order valence-corrected chi connectivity index (χ4v) is 3.80. The van der Waals surface area contributed by atoms with Crippen LogP contribution in [0.1, 0.15) is 27.9 Å². The largest absolute Gasteiger partial charge is 0.496 e. The molecule has 1 aliphatic rings. The van der Waals surface area contributed by atoms with Crippen LogP contribution in [0.3, 0.4) is 0 Å². The highest BCUT2D eigenvalue weighted by atomic mass is 16.5. The van der Waals surface area contributed by atoms with E-state index in [0.29, 0.717) is 29.1 Å². The van der Waals surface area contributed by atoms with Crippen molar-refractivity contribution in [1.29, 1.82) is 0 Å². The summed E-state index contributed by atoms with van der Waals surface area (Å²) in [4.78, 5) is 27.8. The molecule has 3 aromatic rings. The standard InChI is InChI=1S/C24H21NO4/c1-29-22-14-8-5-11-18(22)21(26)15-24(28)19-12-6-7-13-20(19)25(23(24)27)16-17-9-3-2-4-10-17/h2-14,28H,15-16H2,1H3. The molecule has 0 aliphatic carbocycles. The van der Waals surface area contributed by atoms with Gasteiger partial charge in [-0.3, -0.25) is 9.59 Å². The molecule has 1 atom stereocenters. The number of aliphatic hydroxyl groups is 1. The summed E-state index contributed by atoms with van der Waals surface area (Å²) in [5.41, 5.74) is 0.440. The first-order valence-corrected chi connectivity index (χ1v) is 9.38. The second-order valence-corrected chi connectivity index (χ2v) is 7.05. The van der Waals surface area contributed by atoms with Gasteiger partial charge in [-0.2, -0.15) is 0 Å². The minimum atomic E-state index is -1.91. The van der Waals surface area contributed by atoms with Crippen molar-refractivity contribution in [1.82, 2.24) is 0 Å². The van der Waals surface area contributed by atoms with Gasteiger partial charge >= 0.3 is 0 Å². The molecule has 0 saturated carbocycles. The third kappa shape index (κ3) is 3.30. The Hall–Kier alpha value is -3.44. The van der Waals surface area contributed by atoms with Crippen LogP contribution in [-0.4, -0.2) is 23.9 Å². The number of fused-ring (bicyclic) bond motifs is 1. The van der Waals surface area contributed by atoms with Crippen molar-refractivity contribution in [3.63, 3.8) is 0 Å². The van der Waals surface area contributed by atoms with E-state index in [1.165, 1.54) is 7.11 Å². The van der Waals surface area contributed by atoms with Gasteiger partial charge in [-0.05, 0) is 23.8 Å². The average molecular weight is 387 g/mol. The molecule has 0 radical (unpaired) electrons. The molecule has 5 heteroatoms. The number of hydrogen-bond acceptors (Lipinski definition) is 4. The fraction of sp³-hybridized carbons (Fsp3) is 0.167. The molecular weight excluding hydrogens is 366 g/mol. The molecule has 0 saturated heterocycles. The molecule has 4 rings (SSSR count). The van der Waals surface area contributed by atoms with E-state index in [0.717, 1.165) is 5.56 Å². The maximum absolute atomic E-state index is 13.3. The summed E-state index contributed by atoms with van der Waals surface area (Å²) >= 11 is 0. The van der Waals surface area contributed by atoms with Crippen LogP contribution in [-0.2, 0) is 16.9 Å². The predicted octanol–water partition coefficient (Wildman–Crippen LogP) is 3.70. The second kappa shape index (κ2) is 7.53. The van der Waals surface area contributed by atoms with Crippen LogP contribution in [0.2, 0.25) is 0 Å². The first-order chi connectivity index (χ1) is 14.0. The van der Waals surface area contributed by atoms with Gasteiger partial charge in [-0.15, -0.1) is 0 Å². The number of anilines is 1. The van der Waals surface area contributed by atoms with Gasteiger partial charge in [-0.1, -0.05) is 60.7 Å². The Labute approximate surface area is 169 Å². The number of rotatable bonds is 6. The number of methoxy groups -OCH3 is 1. The summed E-state index contributed by atoms with van der Waals surface area (Å²) in [5.74, 6) is -0.429. The Balaban J connectivity index is 1.69. The summed E-state index contributed by atoms with van der Waals surface area (Å²) in [6.07, 6.45) is -0.353. The number of benzene rings is 3. The second-order valence-electron chi connectivity index (χ2n) is 7.05. The smallest absolute Gasteiger partial charge is 0.264 e. The van der Waals surface area contributed by atoms with Gasteiger partial charge in [0, 0.05) is 5.56 Å². The number of ketones is 1. The van der Waals surface area contributed by atoms with Gasteiger partial charge in [0.05, 0.1) is 31.3 Å². The minimum Gasteiger partial charge on any atom is -0.496 e. The minimum absolute atomic E-state index is 0.321. The van der Waals surface area contributed by atoms with Crippen LogP contribution in [0.5, 0.6) is 5.75 Å². The van der Waals surface area contributed by atoms with E-state index >= 15 is 0 Å². The third-order valence-corrected chi connectivity index (χ3v) is 5.25. The van der Waals surface area contributed by atoms with E-state index in [-0.39, 0.29) is 12.2 Å². The lowest BCUT2D eigenvalue weighted by molar-refractivity contribution is -0.136. The Kier molecular flexibility index (Phi) is 4.91. The molecule has 5 nitrogen and oxygen atoms in total. The zero-order valence-corrected chi connectivity index (χ0v) is 16.0. The van der Waals surface area contributed by atoms with Crippen molar-refractivity contribution in [2.24, 2.45) is 0 Å². The number of hydrogen-bond donors (Lipinski definition) is 1. The van der Waals surface area contributed by atoms with Gasteiger partial charge in [0.15, 0.2) is 11.4 Å². The quantitative estimate of drug-likeness (QED) is 0.655. The van der Waals surface area contributed by atoms with Gasteiger partial charge < -0.3 is 14.7 Å². The van der Waals surface area contributed by atoms with Crippen molar-refractivity contribution in [3.05, 3.63) is 95.6 Å². The fourth-order valence-electron chi connectivity index (χ4n) is 3.80. The van der Waals surface area contributed by atoms with Crippen molar-refractivity contribution in [3.8, 4) is 5.75 Å². The SMILES string of the molecule is COc1ccccc1C(=O)CC1(O)C(=O)N(Cc2ccccc2)c2ccccc21. The van der Waals surface area contributed by atoms with Gasteiger partial charge in [0.1, 0.15) is 5.75 Å². The topological polar surface area (TPSA) is 66.8 Å². The normalized spacial score (nSPS) is 17.9. The molecule has 0 fully saturated rings. The maximum Gasteiger partial charge on any atom is 0.264 e. The Morgan fingerprint density at radius 3 is 2.38 bits per heavy atom. The molecule has 0 bridgehead atoms. The van der Waals surface area contributed by atoms with Crippen LogP contribution >= 0.6 is 0 Å². The monoisotopic (exact) mass is 387 g/mol. The summed E-state index contributed by atoms with van der Waals surface area (Å²) in [6.45, 7) is 0.321. The average Bonchev–Trinajstić information content (AvgIpc) is 2.96. The molecule has 1 unspecified atom stereocenters. The molecule has 29 heavy (non-hydrogen) atoms. The molecule has 3 aromatic carbocycles. The van der Waals surface area contributed by atoms with Gasteiger partial charge in [0.2, 0.25) is 0 Å². The van der Waals surface area contributed by atoms with E-state index in [1.54, 1.807) is 47.4 Å². The van der Waals surface area contributed by atoms with Crippen molar-refractivity contribution in [2.45, 2.75) is 18.6 Å². The van der Waals surface area contributed by atoms with E-state index < -0.39 is 11.5 Å². The zero-order valence-electron chi connectivity index (χ0n) is 16.0. The molecule has 1 aliphatic heterocycles. The number of nitrogens with zero attached hydrogens (tertiary/aromatic N) is 1. The summed E-state index contributed by atoms with van der Waals surface area (Å²) in [7, 11) is 1.48. The molecule has 0 spiro atoms. The number of carbonyl (C=O) groups is 2. The number of Topliss-reactive ketones (excluding diaryl/α,β-unsaturated/α-hetero) is 1. The molecule has 1 N–H and O–H groups in total. The van der Waals surface area contributed by atoms with Crippen LogP contribution in [0, 0.1) is 0 Å². The zero-order chi connectivity index (χ0) is 20.4. The Bertz CT molecular complexity index is 1060. The van der Waals surface area contributed by atoms with Crippen LogP contribution in [0.25, 0.3) is 0 Å². The number of amides is 1. The summed E-state index contributed by atoms with van der Waals surface area (Å²) in [5, 5.41) is 11.4. The van der Waals surface area contributed by atoms with Crippen molar-refractivity contribution >= 4 is 17.4 Å². The van der Waals surface area contributed by atoms with E-state index in [9.17, 15) is 14.7 Å². The molecule has 0 aromatic heterocycles. The summed E-state index contributed by atoms with van der Waals surface area (Å²) in [6, 6.07) is 23.4. The van der Waals surface area contributed by atoms with E-state index in [4.69, 9.17) is 4.74 Å². The van der Waals surface area contributed by atoms with Crippen LogP contribution in [0.15, 0.2) is 78.9 Å². The number of para-hydroxylation sites is 2. The van der Waals surface area contributed by atoms with E-state index in [1.807, 2.05) is 36.4 Å². The summed E-state index contributed by atoms with van der Waals surface area (Å²) < 4.78 is 5.26. The highest BCUT2D eigenvalue weighted by Gasteiger charge is 2.50. The first kappa shape index (κ1) is 18.9. The molecule has 1 amide bonds. The first-order valence-electron chi connectivity index (χ1n) is 9.38. The van der Waals surface area contributed by atoms with Crippen LogP contribution in [0.4, 0.5) is 5.69 Å². The lowest BCUT2D eigenvalue weighted by atomic mass is 9.88. The lowest BCUT2D eigenvalue weighted by Gasteiger charge is -2.23. The third-order valence-electron chi connectivity index (χ3n) is 5.25. The van der Waals surface area contributed by atoms with Crippen molar-refractivity contribution in [2.75, 3.05) is 12.0 Å². The molecule has 1 heterocycles. The molecular formula is C24H21NO4. The van der Waals surface area contributed by atoms with Crippen molar-refractivity contribution < 1.29 is 19.4 Å². The van der Waals surface area contributed by atoms with Gasteiger partial charge in [-0.25, -0.2) is 0 Å². The highest BCUT2D eigenvalue weighted by Crippen LogP contribution is 2.43. The Morgan fingerprint density at radius 1 is 0.966 bits per heavy atom. The molecule has 146 valence electrons. The number of carbonyl (C=O) groups excluding carboxylic acids is 2. The predicted molar refractivity (Wildman–Crippen MR) is 110 cm³/mol. The Morgan fingerprint density at radius 2 is 1.62 bits per heavy atom.